The van der Waals surface area contributed by atoms with Gasteiger partial charge in [0, 0.05) is 18.7 Å². The second-order valence-corrected chi connectivity index (χ2v) is 3.77. The van der Waals surface area contributed by atoms with Crippen LogP contribution in [0.15, 0.2) is 24.3 Å². The first kappa shape index (κ1) is 11.4. The van der Waals surface area contributed by atoms with E-state index in [0.29, 0.717) is 26.1 Å². The van der Waals surface area contributed by atoms with E-state index in [1.54, 1.807) is 17.0 Å². The van der Waals surface area contributed by atoms with E-state index < -0.39 is 4.92 Å². The average molecular weight is 236 g/mol. The standard InChI is InChI=1S/C11H12N2O4/c14-11-12(7-8-17-11)6-5-9-1-3-10(4-2-9)13(15)16/h1-4H,5-8H2. The molecule has 0 saturated carbocycles. The van der Waals surface area contributed by atoms with Gasteiger partial charge in [0.2, 0.25) is 0 Å². The van der Waals surface area contributed by atoms with Crippen LogP contribution in [0.1, 0.15) is 5.56 Å². The molecule has 2 rings (SSSR count). The van der Waals surface area contributed by atoms with Crippen molar-refractivity contribution >= 4 is 11.8 Å². The number of carbonyl (C=O) groups is 1. The fourth-order valence-electron chi connectivity index (χ4n) is 1.68. The summed E-state index contributed by atoms with van der Waals surface area (Å²) in [7, 11) is 0. The summed E-state index contributed by atoms with van der Waals surface area (Å²) >= 11 is 0. The summed E-state index contributed by atoms with van der Waals surface area (Å²) in [6.07, 6.45) is 0.388. The molecule has 1 heterocycles. The van der Waals surface area contributed by atoms with Crippen molar-refractivity contribution in [2.24, 2.45) is 0 Å². The lowest BCUT2D eigenvalue weighted by atomic mass is 10.1. The van der Waals surface area contributed by atoms with E-state index >= 15 is 0 Å². The first-order chi connectivity index (χ1) is 8.16. The maximum atomic E-state index is 11.2. The number of nitro groups is 1. The van der Waals surface area contributed by atoms with Crippen LogP contribution in [0.3, 0.4) is 0 Å². The van der Waals surface area contributed by atoms with Crippen molar-refractivity contribution < 1.29 is 14.5 Å². The van der Waals surface area contributed by atoms with Crippen molar-refractivity contribution in [2.75, 3.05) is 19.7 Å². The van der Waals surface area contributed by atoms with Crippen molar-refractivity contribution in [2.45, 2.75) is 6.42 Å². The lowest BCUT2D eigenvalue weighted by Crippen LogP contribution is -2.26. The minimum atomic E-state index is -0.429. The molecule has 1 aromatic rings. The Morgan fingerprint density at radius 2 is 2.06 bits per heavy atom. The van der Waals surface area contributed by atoms with Gasteiger partial charge in [0.1, 0.15) is 6.61 Å². The smallest absolute Gasteiger partial charge is 0.409 e. The fraction of sp³-hybridized carbons (Fsp3) is 0.364. The number of nitrogens with zero attached hydrogens (tertiary/aromatic N) is 2. The highest BCUT2D eigenvalue weighted by molar-refractivity contribution is 5.69. The number of hydrogen-bond acceptors (Lipinski definition) is 4. The molecular weight excluding hydrogens is 224 g/mol. The van der Waals surface area contributed by atoms with E-state index in [1.807, 2.05) is 0 Å². The predicted octanol–water partition coefficient (Wildman–Crippen LogP) is 1.59. The van der Waals surface area contributed by atoms with Gasteiger partial charge in [-0.3, -0.25) is 10.1 Å². The first-order valence-corrected chi connectivity index (χ1v) is 5.32. The maximum absolute atomic E-state index is 11.2. The van der Waals surface area contributed by atoms with E-state index in [-0.39, 0.29) is 11.8 Å². The van der Waals surface area contributed by atoms with Crippen LogP contribution in [0.2, 0.25) is 0 Å². The third-order valence-electron chi connectivity index (χ3n) is 2.66. The van der Waals surface area contributed by atoms with Gasteiger partial charge in [-0.25, -0.2) is 4.79 Å². The molecular formula is C11H12N2O4. The number of rotatable bonds is 4. The average Bonchev–Trinajstić information content (AvgIpc) is 2.73. The summed E-state index contributed by atoms with van der Waals surface area (Å²) in [4.78, 5) is 22.8. The summed E-state index contributed by atoms with van der Waals surface area (Å²) in [5.41, 5.74) is 1.05. The van der Waals surface area contributed by atoms with Gasteiger partial charge >= 0.3 is 6.09 Å². The van der Waals surface area contributed by atoms with Gasteiger partial charge in [-0.2, -0.15) is 0 Å². The normalized spacial score (nSPS) is 14.8. The monoisotopic (exact) mass is 236 g/mol. The molecule has 0 unspecified atom stereocenters. The van der Waals surface area contributed by atoms with Gasteiger partial charge in [-0.1, -0.05) is 12.1 Å². The molecule has 0 aliphatic carbocycles. The third-order valence-corrected chi connectivity index (χ3v) is 2.66. The molecule has 90 valence electrons. The minimum absolute atomic E-state index is 0.0781. The highest BCUT2D eigenvalue weighted by Gasteiger charge is 2.21. The zero-order chi connectivity index (χ0) is 12.3. The summed E-state index contributed by atoms with van der Waals surface area (Å²) < 4.78 is 4.80. The van der Waals surface area contributed by atoms with Crippen LogP contribution >= 0.6 is 0 Å². The molecule has 0 radical (unpaired) electrons. The molecule has 17 heavy (non-hydrogen) atoms. The molecule has 1 aromatic carbocycles. The SMILES string of the molecule is O=C1OCCN1CCc1ccc([N+](=O)[O-])cc1. The first-order valence-electron chi connectivity index (χ1n) is 5.32. The van der Waals surface area contributed by atoms with Crippen LogP contribution in [-0.4, -0.2) is 35.6 Å². The Kier molecular flexibility index (Phi) is 3.22. The van der Waals surface area contributed by atoms with Crippen LogP contribution in [-0.2, 0) is 11.2 Å². The van der Waals surface area contributed by atoms with Crippen LogP contribution in [0, 0.1) is 10.1 Å². The molecule has 6 heteroatoms. The third kappa shape index (κ3) is 2.72. The molecule has 1 fully saturated rings. The molecule has 0 spiro atoms. The number of nitro benzene ring substituents is 1. The summed E-state index contributed by atoms with van der Waals surface area (Å²) in [5.74, 6) is 0. The Labute approximate surface area is 97.9 Å². The van der Waals surface area contributed by atoms with Crippen LogP contribution in [0.25, 0.3) is 0 Å². The van der Waals surface area contributed by atoms with Crippen molar-refractivity contribution in [3.05, 3.63) is 39.9 Å². The highest BCUT2D eigenvalue weighted by Crippen LogP contribution is 2.13. The summed E-state index contributed by atoms with van der Waals surface area (Å²) in [5, 5.41) is 10.5. The summed E-state index contributed by atoms with van der Waals surface area (Å²) in [6, 6.07) is 6.36. The Morgan fingerprint density at radius 1 is 1.35 bits per heavy atom. The van der Waals surface area contributed by atoms with E-state index in [2.05, 4.69) is 0 Å². The topological polar surface area (TPSA) is 72.7 Å². The van der Waals surface area contributed by atoms with E-state index in [9.17, 15) is 14.9 Å². The van der Waals surface area contributed by atoms with Gasteiger partial charge in [-0.05, 0) is 12.0 Å². The zero-order valence-corrected chi connectivity index (χ0v) is 9.17. The van der Waals surface area contributed by atoms with Crippen molar-refractivity contribution in [3.8, 4) is 0 Å². The Hall–Kier alpha value is -2.11. The maximum Gasteiger partial charge on any atom is 0.409 e. The van der Waals surface area contributed by atoms with Crippen LogP contribution in [0.5, 0.6) is 0 Å². The number of cyclic esters (lactones) is 1. The summed E-state index contributed by atoms with van der Waals surface area (Å²) in [6.45, 7) is 1.64. The fourth-order valence-corrected chi connectivity index (χ4v) is 1.68. The molecule has 1 aliphatic rings. The second kappa shape index (κ2) is 4.82. The van der Waals surface area contributed by atoms with Crippen molar-refractivity contribution in [3.63, 3.8) is 0 Å². The van der Waals surface area contributed by atoms with Gasteiger partial charge in [0.15, 0.2) is 0 Å². The number of hydrogen-bond donors (Lipinski definition) is 0. The molecule has 6 nitrogen and oxygen atoms in total. The van der Waals surface area contributed by atoms with E-state index in [1.165, 1.54) is 12.1 Å². The molecule has 0 aromatic heterocycles. The van der Waals surface area contributed by atoms with Crippen molar-refractivity contribution in [1.29, 1.82) is 0 Å². The number of benzene rings is 1. The number of amides is 1. The largest absolute Gasteiger partial charge is 0.448 e. The molecule has 1 amide bonds. The van der Waals surface area contributed by atoms with Gasteiger partial charge < -0.3 is 9.64 Å². The molecule has 0 atom stereocenters. The Balaban J connectivity index is 1.91. The molecule has 0 N–H and O–H groups in total. The van der Waals surface area contributed by atoms with Gasteiger partial charge in [0.05, 0.1) is 11.5 Å². The molecule has 1 aliphatic heterocycles. The lowest BCUT2D eigenvalue weighted by Gasteiger charge is -2.11. The van der Waals surface area contributed by atoms with Crippen LogP contribution < -0.4 is 0 Å². The number of ether oxygens (including phenoxy) is 1. The highest BCUT2D eigenvalue weighted by atomic mass is 16.6. The minimum Gasteiger partial charge on any atom is -0.448 e. The van der Waals surface area contributed by atoms with Crippen LogP contribution in [0.4, 0.5) is 10.5 Å². The number of carbonyl (C=O) groups excluding carboxylic acids is 1. The Bertz CT molecular complexity index is 430. The second-order valence-electron chi connectivity index (χ2n) is 3.77. The zero-order valence-electron chi connectivity index (χ0n) is 9.17. The quantitative estimate of drug-likeness (QED) is 0.587. The van der Waals surface area contributed by atoms with Crippen molar-refractivity contribution in [1.82, 2.24) is 4.90 Å². The molecule has 1 saturated heterocycles. The van der Waals surface area contributed by atoms with E-state index in [4.69, 9.17) is 4.74 Å². The number of non-ortho nitro benzene ring substituents is 1. The van der Waals surface area contributed by atoms with Gasteiger partial charge in [0.25, 0.3) is 5.69 Å². The predicted molar refractivity (Wildman–Crippen MR) is 59.7 cm³/mol. The van der Waals surface area contributed by atoms with E-state index in [0.717, 1.165) is 5.56 Å². The van der Waals surface area contributed by atoms with Gasteiger partial charge in [-0.15, -0.1) is 0 Å². The molecule has 0 bridgehead atoms. The lowest BCUT2D eigenvalue weighted by molar-refractivity contribution is -0.384. The Morgan fingerprint density at radius 3 is 2.59 bits per heavy atom.